The molecule has 1 atom stereocenters. The first-order valence-corrected chi connectivity index (χ1v) is 9.80. The molecule has 2 heterocycles. The molecular formula is C26H20O4. The monoisotopic (exact) mass is 396 g/mol. The summed E-state index contributed by atoms with van der Waals surface area (Å²) in [5.41, 5.74) is 3.64. The van der Waals surface area contributed by atoms with Crippen LogP contribution >= 0.6 is 0 Å². The van der Waals surface area contributed by atoms with Crippen LogP contribution in [0.3, 0.4) is 0 Å². The highest BCUT2D eigenvalue weighted by Gasteiger charge is 2.30. The summed E-state index contributed by atoms with van der Waals surface area (Å²) in [5.74, 6) is 1.75. The molecule has 148 valence electrons. The van der Waals surface area contributed by atoms with Crippen molar-refractivity contribution in [1.29, 1.82) is 0 Å². The molecule has 0 radical (unpaired) electrons. The maximum atomic E-state index is 13.0. The topological polar surface area (TPSA) is 48.7 Å². The SMILES string of the molecule is COc1ccc(C2C=C(c3ccccc3)Oc3c2c(=O)oc2ccc(C)cc32)cc1. The van der Waals surface area contributed by atoms with Crippen molar-refractivity contribution in [3.8, 4) is 11.5 Å². The molecule has 4 heteroatoms. The Hall–Kier alpha value is -3.79. The van der Waals surface area contributed by atoms with E-state index in [1.807, 2.05) is 85.8 Å². The molecule has 0 saturated heterocycles. The molecule has 0 aliphatic carbocycles. The molecule has 30 heavy (non-hydrogen) atoms. The Labute approximate surface area is 174 Å². The highest BCUT2D eigenvalue weighted by atomic mass is 16.5. The number of hydrogen-bond acceptors (Lipinski definition) is 4. The standard InChI is InChI=1S/C26H20O4/c1-16-8-13-22-21(14-16)25-24(26(27)30-22)20(17-9-11-19(28-2)12-10-17)15-23(29-25)18-6-4-3-5-7-18/h3-15,20H,1-2H3. The second-order valence-corrected chi connectivity index (χ2v) is 7.38. The zero-order valence-corrected chi connectivity index (χ0v) is 16.7. The van der Waals surface area contributed by atoms with Crippen LogP contribution in [0, 0.1) is 6.92 Å². The van der Waals surface area contributed by atoms with Crippen molar-refractivity contribution >= 4 is 16.7 Å². The number of benzene rings is 3. The molecule has 0 saturated carbocycles. The van der Waals surface area contributed by atoms with Gasteiger partial charge in [-0.25, -0.2) is 4.79 Å². The van der Waals surface area contributed by atoms with Gasteiger partial charge in [0, 0.05) is 11.5 Å². The van der Waals surface area contributed by atoms with Crippen molar-refractivity contribution in [2.75, 3.05) is 7.11 Å². The minimum atomic E-state index is -0.384. The van der Waals surface area contributed by atoms with Gasteiger partial charge in [0.2, 0.25) is 0 Å². The summed E-state index contributed by atoms with van der Waals surface area (Å²) < 4.78 is 17.3. The predicted molar refractivity (Wildman–Crippen MR) is 117 cm³/mol. The normalized spacial score (nSPS) is 15.3. The van der Waals surface area contributed by atoms with Crippen LogP contribution in [0.4, 0.5) is 0 Å². The Kier molecular flexibility index (Phi) is 4.40. The summed E-state index contributed by atoms with van der Waals surface area (Å²) >= 11 is 0. The van der Waals surface area contributed by atoms with Crippen molar-refractivity contribution in [3.05, 3.63) is 112 Å². The average Bonchev–Trinajstić information content (AvgIpc) is 2.79. The summed E-state index contributed by atoms with van der Waals surface area (Å²) in [4.78, 5) is 13.0. The smallest absolute Gasteiger partial charge is 0.344 e. The Morgan fingerprint density at radius 2 is 1.70 bits per heavy atom. The first-order chi connectivity index (χ1) is 14.6. The van der Waals surface area contributed by atoms with Gasteiger partial charge in [-0.3, -0.25) is 0 Å². The van der Waals surface area contributed by atoms with E-state index in [0.717, 1.165) is 33.6 Å². The number of fused-ring (bicyclic) bond motifs is 3. The molecule has 4 aromatic rings. The van der Waals surface area contributed by atoms with E-state index in [-0.39, 0.29) is 11.5 Å². The number of rotatable bonds is 3. The molecule has 0 fully saturated rings. The third-order valence-electron chi connectivity index (χ3n) is 5.42. The van der Waals surface area contributed by atoms with Crippen LogP contribution in [-0.4, -0.2) is 7.11 Å². The largest absolute Gasteiger partial charge is 0.497 e. The van der Waals surface area contributed by atoms with Crippen LogP contribution in [0.1, 0.15) is 28.2 Å². The van der Waals surface area contributed by atoms with E-state index in [9.17, 15) is 4.79 Å². The molecule has 4 nitrogen and oxygen atoms in total. The van der Waals surface area contributed by atoms with Gasteiger partial charge in [0.05, 0.1) is 18.1 Å². The van der Waals surface area contributed by atoms with Gasteiger partial charge in [-0.1, -0.05) is 54.1 Å². The quantitative estimate of drug-likeness (QED) is 0.418. The van der Waals surface area contributed by atoms with E-state index in [1.165, 1.54) is 0 Å². The molecule has 3 aromatic carbocycles. The number of methoxy groups -OCH3 is 1. The second kappa shape index (κ2) is 7.23. The minimum Gasteiger partial charge on any atom is -0.497 e. The second-order valence-electron chi connectivity index (χ2n) is 7.38. The summed E-state index contributed by atoms with van der Waals surface area (Å²) in [7, 11) is 1.63. The lowest BCUT2D eigenvalue weighted by Crippen LogP contribution is -2.19. The average molecular weight is 396 g/mol. The Morgan fingerprint density at radius 3 is 2.43 bits per heavy atom. The van der Waals surface area contributed by atoms with Crippen LogP contribution in [0.25, 0.3) is 16.7 Å². The molecule has 0 spiro atoms. The fourth-order valence-electron chi connectivity index (χ4n) is 3.89. The first-order valence-electron chi connectivity index (χ1n) is 9.80. The third kappa shape index (κ3) is 3.07. The van der Waals surface area contributed by atoms with E-state index in [2.05, 4.69) is 0 Å². The fourth-order valence-corrected chi connectivity index (χ4v) is 3.89. The summed E-state index contributed by atoms with van der Waals surface area (Å²) in [6.45, 7) is 2.01. The van der Waals surface area contributed by atoms with Gasteiger partial charge >= 0.3 is 5.63 Å². The Bertz CT molecular complexity index is 1320. The van der Waals surface area contributed by atoms with Crippen LogP contribution in [-0.2, 0) is 0 Å². The molecule has 1 aliphatic heterocycles. The van der Waals surface area contributed by atoms with Gasteiger partial charge in [0.15, 0.2) is 0 Å². The summed E-state index contributed by atoms with van der Waals surface area (Å²) in [6.07, 6.45) is 1.98. The number of ether oxygens (including phenoxy) is 2. The van der Waals surface area contributed by atoms with E-state index >= 15 is 0 Å². The van der Waals surface area contributed by atoms with Crippen molar-refractivity contribution in [1.82, 2.24) is 0 Å². The zero-order valence-electron chi connectivity index (χ0n) is 16.7. The molecule has 5 rings (SSSR count). The van der Waals surface area contributed by atoms with Gasteiger partial charge in [0.1, 0.15) is 22.8 Å². The Morgan fingerprint density at radius 1 is 0.933 bits per heavy atom. The van der Waals surface area contributed by atoms with Gasteiger partial charge in [0.25, 0.3) is 0 Å². The van der Waals surface area contributed by atoms with Crippen molar-refractivity contribution in [2.24, 2.45) is 0 Å². The van der Waals surface area contributed by atoms with Crippen LogP contribution < -0.4 is 15.1 Å². The van der Waals surface area contributed by atoms with E-state index < -0.39 is 0 Å². The molecule has 1 unspecified atom stereocenters. The number of aryl methyl sites for hydroxylation is 1. The van der Waals surface area contributed by atoms with Gasteiger partial charge < -0.3 is 13.9 Å². The fraction of sp³-hybridized carbons (Fsp3) is 0.115. The van der Waals surface area contributed by atoms with Crippen LogP contribution in [0.5, 0.6) is 11.5 Å². The molecule has 0 N–H and O–H groups in total. The minimum absolute atomic E-state index is 0.295. The van der Waals surface area contributed by atoms with Crippen molar-refractivity contribution < 1.29 is 13.9 Å². The van der Waals surface area contributed by atoms with Gasteiger partial charge in [-0.2, -0.15) is 0 Å². The van der Waals surface area contributed by atoms with Crippen molar-refractivity contribution in [3.63, 3.8) is 0 Å². The molecule has 0 amide bonds. The van der Waals surface area contributed by atoms with Gasteiger partial charge in [-0.05, 0) is 42.8 Å². The van der Waals surface area contributed by atoms with E-state index in [0.29, 0.717) is 16.9 Å². The van der Waals surface area contributed by atoms with E-state index in [4.69, 9.17) is 13.9 Å². The zero-order chi connectivity index (χ0) is 20.7. The highest BCUT2D eigenvalue weighted by Crippen LogP contribution is 2.43. The number of allylic oxidation sites excluding steroid dienone is 1. The molecule has 1 aromatic heterocycles. The highest BCUT2D eigenvalue weighted by molar-refractivity contribution is 5.88. The molecule has 0 bridgehead atoms. The maximum absolute atomic E-state index is 13.0. The predicted octanol–water partition coefficient (Wildman–Crippen LogP) is 5.68. The summed E-state index contributed by atoms with van der Waals surface area (Å²) in [5, 5.41) is 0.796. The van der Waals surface area contributed by atoms with Crippen LogP contribution in [0.2, 0.25) is 0 Å². The lowest BCUT2D eigenvalue weighted by atomic mass is 9.88. The molecule has 1 aliphatic rings. The lowest BCUT2D eigenvalue weighted by molar-refractivity contribution is 0.414. The molecular weight excluding hydrogens is 376 g/mol. The number of hydrogen-bond donors (Lipinski definition) is 0. The van der Waals surface area contributed by atoms with Crippen LogP contribution in [0.15, 0.2) is 88.1 Å². The van der Waals surface area contributed by atoms with Crippen molar-refractivity contribution in [2.45, 2.75) is 12.8 Å². The third-order valence-corrected chi connectivity index (χ3v) is 5.42. The Balaban J connectivity index is 1.78. The lowest BCUT2D eigenvalue weighted by Gasteiger charge is -2.25. The van der Waals surface area contributed by atoms with E-state index in [1.54, 1.807) is 7.11 Å². The first kappa shape index (κ1) is 18.3. The maximum Gasteiger partial charge on any atom is 0.344 e. The van der Waals surface area contributed by atoms with Gasteiger partial charge in [-0.15, -0.1) is 0 Å². The summed E-state index contributed by atoms with van der Waals surface area (Å²) in [6, 6.07) is 23.4.